The van der Waals surface area contributed by atoms with Gasteiger partial charge in [-0.05, 0) is 37.6 Å². The fourth-order valence-corrected chi connectivity index (χ4v) is 1.87. The number of nitriles is 1. The molecule has 0 saturated carbocycles. The minimum Gasteiger partial charge on any atom is -0.310 e. The second-order valence-electron chi connectivity index (χ2n) is 4.38. The van der Waals surface area contributed by atoms with Gasteiger partial charge in [-0.2, -0.15) is 5.26 Å². The molecule has 0 aliphatic rings. The summed E-state index contributed by atoms with van der Waals surface area (Å²) >= 11 is 0. The lowest BCUT2D eigenvalue weighted by Gasteiger charge is -2.14. The lowest BCUT2D eigenvalue weighted by Crippen LogP contribution is -2.19. The third-order valence-corrected chi connectivity index (χ3v) is 3.00. The molecule has 1 aromatic carbocycles. The van der Waals surface area contributed by atoms with Crippen molar-refractivity contribution >= 4 is 0 Å². The van der Waals surface area contributed by atoms with E-state index < -0.39 is 0 Å². The van der Waals surface area contributed by atoms with E-state index >= 15 is 0 Å². The molecule has 5 nitrogen and oxygen atoms in total. The van der Waals surface area contributed by atoms with Gasteiger partial charge in [0.15, 0.2) is 0 Å². The first-order valence-electron chi connectivity index (χ1n) is 6.38. The van der Waals surface area contributed by atoms with E-state index in [1.165, 1.54) is 5.56 Å². The van der Waals surface area contributed by atoms with Gasteiger partial charge >= 0.3 is 0 Å². The van der Waals surface area contributed by atoms with Crippen molar-refractivity contribution in [3.63, 3.8) is 0 Å². The van der Waals surface area contributed by atoms with Gasteiger partial charge in [0.25, 0.3) is 0 Å². The average Bonchev–Trinajstić information content (AvgIpc) is 2.98. The largest absolute Gasteiger partial charge is 0.310 e. The van der Waals surface area contributed by atoms with Crippen molar-refractivity contribution in [3.05, 3.63) is 42.2 Å². The summed E-state index contributed by atoms with van der Waals surface area (Å²) in [6.45, 7) is 2.98. The van der Waals surface area contributed by atoms with Crippen LogP contribution >= 0.6 is 0 Å². The molecule has 0 amide bonds. The van der Waals surface area contributed by atoms with Gasteiger partial charge in [-0.25, -0.2) is 4.68 Å². The molecule has 2 aromatic rings. The molecule has 0 saturated heterocycles. The molecule has 1 N–H and O–H groups in total. The van der Waals surface area contributed by atoms with Gasteiger partial charge in [0.05, 0.1) is 24.2 Å². The van der Waals surface area contributed by atoms with E-state index in [9.17, 15) is 0 Å². The maximum Gasteiger partial charge on any atom is 0.0697 e. The van der Waals surface area contributed by atoms with Crippen LogP contribution in [-0.2, 0) is 0 Å². The van der Waals surface area contributed by atoms with Crippen LogP contribution in [0.15, 0.2) is 36.7 Å². The van der Waals surface area contributed by atoms with Crippen LogP contribution in [0.5, 0.6) is 0 Å². The Bertz CT molecular complexity index is 524. The van der Waals surface area contributed by atoms with Crippen LogP contribution < -0.4 is 5.32 Å². The highest BCUT2D eigenvalue weighted by molar-refractivity contribution is 5.34. The monoisotopic (exact) mass is 255 g/mol. The highest BCUT2D eigenvalue weighted by Gasteiger charge is 2.04. The van der Waals surface area contributed by atoms with E-state index in [2.05, 4.69) is 40.8 Å². The minimum absolute atomic E-state index is 0.281. The van der Waals surface area contributed by atoms with E-state index in [1.807, 2.05) is 18.3 Å². The summed E-state index contributed by atoms with van der Waals surface area (Å²) in [4.78, 5) is 0. The van der Waals surface area contributed by atoms with Gasteiger partial charge in [-0.3, -0.25) is 0 Å². The molecule has 19 heavy (non-hydrogen) atoms. The summed E-state index contributed by atoms with van der Waals surface area (Å²) in [5.41, 5.74) is 2.22. The first kappa shape index (κ1) is 13.2. The Morgan fingerprint density at radius 1 is 1.37 bits per heavy atom. The first-order valence-corrected chi connectivity index (χ1v) is 6.38. The zero-order valence-corrected chi connectivity index (χ0v) is 11.0. The van der Waals surface area contributed by atoms with Gasteiger partial charge in [0.2, 0.25) is 0 Å². The van der Waals surface area contributed by atoms with Crippen LogP contribution in [0.4, 0.5) is 0 Å². The van der Waals surface area contributed by atoms with Gasteiger partial charge < -0.3 is 5.32 Å². The zero-order valence-electron chi connectivity index (χ0n) is 11.0. The number of hydrogen-bond donors (Lipinski definition) is 1. The normalized spacial score (nSPS) is 12.0. The zero-order chi connectivity index (χ0) is 13.5. The highest BCUT2D eigenvalue weighted by atomic mass is 15.4. The Labute approximate surface area is 112 Å². The molecule has 0 bridgehead atoms. The smallest absolute Gasteiger partial charge is 0.0697 e. The number of nitrogens with one attached hydrogen (secondary N) is 1. The Balaban J connectivity index is 1.93. The minimum atomic E-state index is 0.281. The first-order chi connectivity index (χ1) is 9.31. The van der Waals surface area contributed by atoms with Gasteiger partial charge in [0, 0.05) is 12.5 Å². The summed E-state index contributed by atoms with van der Waals surface area (Å²) in [6, 6.07) is 10.6. The van der Waals surface area contributed by atoms with Crippen molar-refractivity contribution in [2.24, 2.45) is 0 Å². The van der Waals surface area contributed by atoms with Gasteiger partial charge in [-0.1, -0.05) is 17.3 Å². The number of unbranched alkanes of at least 4 members (excludes halogenated alkanes) is 1. The van der Waals surface area contributed by atoms with Crippen molar-refractivity contribution in [2.45, 2.75) is 25.8 Å². The Kier molecular flexibility index (Phi) is 4.65. The molecule has 0 spiro atoms. The maximum absolute atomic E-state index is 8.48. The number of benzene rings is 1. The van der Waals surface area contributed by atoms with Crippen LogP contribution in [0.1, 0.15) is 31.4 Å². The Morgan fingerprint density at radius 2 is 2.16 bits per heavy atom. The van der Waals surface area contributed by atoms with E-state index in [0.717, 1.165) is 18.7 Å². The topological polar surface area (TPSA) is 66.5 Å². The molecule has 1 heterocycles. The highest BCUT2D eigenvalue weighted by Crippen LogP contribution is 2.15. The third kappa shape index (κ3) is 3.63. The average molecular weight is 255 g/mol. The summed E-state index contributed by atoms with van der Waals surface area (Å²) in [6.07, 6.45) is 4.97. The van der Waals surface area contributed by atoms with Crippen molar-refractivity contribution in [3.8, 4) is 11.8 Å². The van der Waals surface area contributed by atoms with E-state index in [4.69, 9.17) is 5.26 Å². The van der Waals surface area contributed by atoms with E-state index in [0.29, 0.717) is 6.42 Å². The molecule has 1 aromatic heterocycles. The van der Waals surface area contributed by atoms with E-state index in [-0.39, 0.29) is 6.04 Å². The number of nitrogens with zero attached hydrogens (tertiary/aromatic N) is 4. The molecule has 2 rings (SSSR count). The lowest BCUT2D eigenvalue weighted by molar-refractivity contribution is 0.562. The molecule has 0 radical (unpaired) electrons. The molecule has 0 aliphatic carbocycles. The summed E-state index contributed by atoms with van der Waals surface area (Å²) in [5.74, 6) is 0. The van der Waals surface area contributed by atoms with Gasteiger partial charge in [0.1, 0.15) is 0 Å². The second kappa shape index (κ2) is 6.66. The standard InChI is InChI=1S/C14H17N5/c1-12(16-9-3-2-8-15)13-4-6-14(7-5-13)19-11-10-17-18-19/h4-7,10-12,16H,2-3,9H2,1H3/t12-/m0/s1. The SMILES string of the molecule is C[C@H](NCCCC#N)c1ccc(-n2ccnn2)cc1. The molecule has 0 unspecified atom stereocenters. The Morgan fingerprint density at radius 3 is 2.79 bits per heavy atom. The van der Waals surface area contributed by atoms with Crippen LogP contribution in [0.25, 0.3) is 5.69 Å². The summed E-state index contributed by atoms with van der Waals surface area (Å²) in [5, 5.41) is 19.6. The molecule has 1 atom stereocenters. The molecule has 98 valence electrons. The molecule has 0 fully saturated rings. The number of rotatable bonds is 6. The van der Waals surface area contributed by atoms with Crippen molar-refractivity contribution in [1.82, 2.24) is 20.3 Å². The summed E-state index contributed by atoms with van der Waals surface area (Å²) < 4.78 is 1.73. The predicted molar refractivity (Wildman–Crippen MR) is 72.6 cm³/mol. The van der Waals surface area contributed by atoms with Crippen LogP contribution in [0.2, 0.25) is 0 Å². The van der Waals surface area contributed by atoms with Gasteiger partial charge in [-0.15, -0.1) is 5.10 Å². The van der Waals surface area contributed by atoms with Crippen molar-refractivity contribution < 1.29 is 0 Å². The molecule has 5 heteroatoms. The van der Waals surface area contributed by atoms with Crippen LogP contribution in [-0.4, -0.2) is 21.5 Å². The molecular formula is C14H17N5. The van der Waals surface area contributed by atoms with Crippen molar-refractivity contribution in [1.29, 1.82) is 5.26 Å². The molecule has 0 aliphatic heterocycles. The van der Waals surface area contributed by atoms with E-state index in [1.54, 1.807) is 10.9 Å². The summed E-state index contributed by atoms with van der Waals surface area (Å²) in [7, 11) is 0. The molecular weight excluding hydrogens is 238 g/mol. The third-order valence-electron chi connectivity index (χ3n) is 3.00. The number of hydrogen-bond acceptors (Lipinski definition) is 4. The Hall–Kier alpha value is -2.19. The van der Waals surface area contributed by atoms with Crippen LogP contribution in [0.3, 0.4) is 0 Å². The number of aromatic nitrogens is 3. The van der Waals surface area contributed by atoms with Crippen molar-refractivity contribution in [2.75, 3.05) is 6.54 Å². The quantitative estimate of drug-likeness (QED) is 0.804. The predicted octanol–water partition coefficient (Wildman–Crippen LogP) is 2.22. The fourth-order valence-electron chi connectivity index (χ4n) is 1.87. The van der Waals surface area contributed by atoms with Crippen LogP contribution in [0, 0.1) is 11.3 Å². The lowest BCUT2D eigenvalue weighted by atomic mass is 10.1. The second-order valence-corrected chi connectivity index (χ2v) is 4.38. The maximum atomic E-state index is 8.48. The fraction of sp³-hybridized carbons (Fsp3) is 0.357.